The van der Waals surface area contributed by atoms with Crippen molar-refractivity contribution in [2.24, 2.45) is 0 Å². The lowest BCUT2D eigenvalue weighted by Gasteiger charge is -2.22. The number of hydrogen-bond donors (Lipinski definition) is 1. The van der Waals surface area contributed by atoms with Crippen molar-refractivity contribution in [2.75, 3.05) is 22.7 Å². The summed E-state index contributed by atoms with van der Waals surface area (Å²) >= 11 is 0. The van der Waals surface area contributed by atoms with Gasteiger partial charge in [-0.3, -0.25) is 9.29 Å². The quantitative estimate of drug-likeness (QED) is 0.885. The van der Waals surface area contributed by atoms with Crippen LogP contribution in [0.15, 0.2) is 47.8 Å². The van der Waals surface area contributed by atoms with E-state index in [0.717, 1.165) is 0 Å². The molecule has 2 heterocycles. The number of hydrogen-bond acceptors (Lipinski definition) is 5. The standard InChI is InChI=1S/C14H18N4O2S/c1-3-16-14-11-13(7-10-17-14)21(19,20)18(4-2)12-5-8-15-9-6-12/h5-11H,3-4H2,1-2H3,(H,16,17). The highest BCUT2D eigenvalue weighted by Crippen LogP contribution is 2.23. The van der Waals surface area contributed by atoms with E-state index in [4.69, 9.17) is 0 Å². The summed E-state index contributed by atoms with van der Waals surface area (Å²) in [6, 6.07) is 6.39. The minimum atomic E-state index is -3.62. The molecule has 7 heteroatoms. The van der Waals surface area contributed by atoms with Crippen molar-refractivity contribution in [2.45, 2.75) is 18.7 Å². The molecule has 0 unspecified atom stereocenters. The second-order valence-electron chi connectivity index (χ2n) is 4.28. The lowest BCUT2D eigenvalue weighted by molar-refractivity contribution is 0.591. The van der Waals surface area contributed by atoms with Crippen molar-refractivity contribution in [3.05, 3.63) is 42.9 Å². The number of sulfonamides is 1. The molecule has 0 amide bonds. The lowest BCUT2D eigenvalue weighted by atomic mass is 10.4. The summed E-state index contributed by atoms with van der Waals surface area (Å²) in [5, 5.41) is 3.01. The van der Waals surface area contributed by atoms with Gasteiger partial charge in [-0.15, -0.1) is 0 Å². The maximum atomic E-state index is 12.8. The highest BCUT2D eigenvalue weighted by molar-refractivity contribution is 7.92. The SMILES string of the molecule is CCNc1cc(S(=O)(=O)N(CC)c2ccncc2)ccn1. The molecule has 0 spiro atoms. The summed E-state index contributed by atoms with van der Waals surface area (Å²) in [5.41, 5.74) is 0.592. The summed E-state index contributed by atoms with van der Waals surface area (Å²) in [5.74, 6) is 0.546. The second kappa shape index (κ2) is 6.53. The first-order chi connectivity index (χ1) is 10.1. The molecule has 0 aliphatic carbocycles. The molecular formula is C14H18N4O2S. The fourth-order valence-corrected chi connectivity index (χ4v) is 3.47. The first-order valence-corrected chi connectivity index (χ1v) is 8.16. The second-order valence-corrected chi connectivity index (χ2v) is 6.14. The van der Waals surface area contributed by atoms with E-state index in [0.29, 0.717) is 24.6 Å². The smallest absolute Gasteiger partial charge is 0.264 e. The van der Waals surface area contributed by atoms with Gasteiger partial charge in [0.05, 0.1) is 10.6 Å². The van der Waals surface area contributed by atoms with Gasteiger partial charge < -0.3 is 5.32 Å². The predicted octanol–water partition coefficient (Wildman–Crippen LogP) is 2.12. The van der Waals surface area contributed by atoms with Crippen molar-refractivity contribution in [1.82, 2.24) is 9.97 Å². The number of nitrogens with one attached hydrogen (secondary N) is 1. The highest BCUT2D eigenvalue weighted by atomic mass is 32.2. The van der Waals surface area contributed by atoms with Gasteiger partial charge in [-0.1, -0.05) is 0 Å². The van der Waals surface area contributed by atoms with Crippen molar-refractivity contribution < 1.29 is 8.42 Å². The lowest BCUT2D eigenvalue weighted by Crippen LogP contribution is -2.30. The van der Waals surface area contributed by atoms with Crippen molar-refractivity contribution >= 4 is 21.5 Å². The summed E-state index contributed by atoms with van der Waals surface area (Å²) in [6.07, 6.45) is 4.64. The molecule has 21 heavy (non-hydrogen) atoms. The molecule has 112 valence electrons. The van der Waals surface area contributed by atoms with E-state index in [1.807, 2.05) is 6.92 Å². The number of nitrogens with zero attached hydrogens (tertiary/aromatic N) is 3. The fraction of sp³-hybridized carbons (Fsp3) is 0.286. The zero-order valence-corrected chi connectivity index (χ0v) is 12.8. The Hall–Kier alpha value is -2.15. The molecular weight excluding hydrogens is 288 g/mol. The Morgan fingerprint density at radius 2 is 1.86 bits per heavy atom. The van der Waals surface area contributed by atoms with E-state index < -0.39 is 10.0 Å². The Morgan fingerprint density at radius 3 is 2.48 bits per heavy atom. The zero-order chi connectivity index (χ0) is 15.3. The van der Waals surface area contributed by atoms with Crippen LogP contribution in [0.3, 0.4) is 0 Å². The average Bonchev–Trinajstić information content (AvgIpc) is 2.49. The van der Waals surface area contributed by atoms with E-state index >= 15 is 0 Å². The fourth-order valence-electron chi connectivity index (χ4n) is 1.98. The van der Waals surface area contributed by atoms with Crippen LogP contribution in [0.4, 0.5) is 11.5 Å². The number of anilines is 2. The van der Waals surface area contributed by atoms with Crippen LogP contribution < -0.4 is 9.62 Å². The van der Waals surface area contributed by atoms with Gasteiger partial charge in [0.2, 0.25) is 0 Å². The van der Waals surface area contributed by atoms with Crippen molar-refractivity contribution in [3.63, 3.8) is 0 Å². The largest absolute Gasteiger partial charge is 0.370 e. The van der Waals surface area contributed by atoms with E-state index in [9.17, 15) is 8.42 Å². The van der Waals surface area contributed by atoms with Crippen LogP contribution in [0.1, 0.15) is 13.8 Å². The first kappa shape index (κ1) is 15.2. The van der Waals surface area contributed by atoms with E-state index in [-0.39, 0.29) is 4.90 Å². The van der Waals surface area contributed by atoms with Gasteiger partial charge in [-0.05, 0) is 32.0 Å². The molecule has 0 saturated carbocycles. The number of aromatic nitrogens is 2. The van der Waals surface area contributed by atoms with Crippen LogP contribution >= 0.6 is 0 Å². The summed E-state index contributed by atoms with van der Waals surface area (Å²) in [6.45, 7) is 4.74. The third-order valence-corrected chi connectivity index (χ3v) is 4.81. The third-order valence-electron chi connectivity index (χ3n) is 2.92. The van der Waals surface area contributed by atoms with E-state index in [1.54, 1.807) is 37.5 Å². The van der Waals surface area contributed by atoms with Crippen LogP contribution in [0.2, 0.25) is 0 Å². The molecule has 2 aromatic heterocycles. The van der Waals surface area contributed by atoms with Crippen LogP contribution in [0.25, 0.3) is 0 Å². The van der Waals surface area contributed by atoms with Crippen LogP contribution in [0.5, 0.6) is 0 Å². The summed E-state index contributed by atoms with van der Waals surface area (Å²) < 4.78 is 26.9. The highest BCUT2D eigenvalue weighted by Gasteiger charge is 2.23. The van der Waals surface area contributed by atoms with Gasteiger partial charge in [0.25, 0.3) is 10.0 Å². The Labute approximate surface area is 124 Å². The number of pyridine rings is 2. The van der Waals surface area contributed by atoms with Crippen molar-refractivity contribution in [1.29, 1.82) is 0 Å². The minimum Gasteiger partial charge on any atom is -0.370 e. The topological polar surface area (TPSA) is 75.2 Å². The van der Waals surface area contributed by atoms with Crippen LogP contribution in [-0.4, -0.2) is 31.5 Å². The van der Waals surface area contributed by atoms with Gasteiger partial charge in [-0.25, -0.2) is 13.4 Å². The van der Waals surface area contributed by atoms with Gasteiger partial charge in [0, 0.05) is 37.7 Å². The van der Waals surface area contributed by atoms with Gasteiger partial charge in [-0.2, -0.15) is 0 Å². The Balaban J connectivity index is 2.42. The maximum Gasteiger partial charge on any atom is 0.264 e. The van der Waals surface area contributed by atoms with Gasteiger partial charge in [0.1, 0.15) is 5.82 Å². The molecule has 0 atom stereocenters. The van der Waals surface area contributed by atoms with E-state index in [1.165, 1.54) is 16.6 Å². The molecule has 2 rings (SSSR count). The predicted molar refractivity (Wildman–Crippen MR) is 82.8 cm³/mol. The summed E-state index contributed by atoms with van der Waals surface area (Å²) in [4.78, 5) is 8.23. The number of rotatable bonds is 6. The molecule has 0 bridgehead atoms. The Kier molecular flexibility index (Phi) is 4.74. The Morgan fingerprint density at radius 1 is 1.14 bits per heavy atom. The molecule has 0 radical (unpaired) electrons. The van der Waals surface area contributed by atoms with Crippen LogP contribution in [-0.2, 0) is 10.0 Å². The molecule has 0 aliphatic heterocycles. The minimum absolute atomic E-state index is 0.215. The average molecular weight is 306 g/mol. The molecule has 0 aromatic carbocycles. The molecule has 0 fully saturated rings. The first-order valence-electron chi connectivity index (χ1n) is 6.72. The Bertz CT molecular complexity index is 689. The maximum absolute atomic E-state index is 12.8. The van der Waals surface area contributed by atoms with Crippen LogP contribution in [0, 0.1) is 0 Å². The monoisotopic (exact) mass is 306 g/mol. The van der Waals surface area contributed by atoms with E-state index in [2.05, 4.69) is 15.3 Å². The third kappa shape index (κ3) is 3.30. The molecule has 1 N–H and O–H groups in total. The molecule has 0 saturated heterocycles. The summed E-state index contributed by atoms with van der Waals surface area (Å²) in [7, 11) is -3.62. The zero-order valence-electron chi connectivity index (χ0n) is 12.0. The van der Waals surface area contributed by atoms with Crippen molar-refractivity contribution in [3.8, 4) is 0 Å². The van der Waals surface area contributed by atoms with Gasteiger partial charge in [0.15, 0.2) is 0 Å². The molecule has 2 aromatic rings. The normalized spacial score (nSPS) is 11.1. The molecule has 6 nitrogen and oxygen atoms in total. The molecule has 0 aliphatic rings. The van der Waals surface area contributed by atoms with Gasteiger partial charge >= 0.3 is 0 Å².